The van der Waals surface area contributed by atoms with E-state index in [4.69, 9.17) is 0 Å². The molecule has 0 unspecified atom stereocenters. The number of rotatable bonds is 7. The van der Waals surface area contributed by atoms with Crippen molar-refractivity contribution in [2.75, 3.05) is 25.9 Å². The largest absolute Gasteiger partial charge is 0.273 e. The highest BCUT2D eigenvalue weighted by Gasteiger charge is 2.35. The summed E-state index contributed by atoms with van der Waals surface area (Å²) in [5.74, 6) is -1.10. The molecule has 1 aliphatic heterocycles. The van der Waals surface area contributed by atoms with Crippen LogP contribution in [0, 0.1) is 0 Å². The number of amides is 2. The molecule has 0 saturated carbocycles. The Morgan fingerprint density at radius 3 is 2.14 bits per heavy atom. The molecule has 1 aromatic rings. The predicted octanol–water partition coefficient (Wildman–Crippen LogP) is 1.34. The zero-order chi connectivity index (χ0) is 16.3. The molecule has 0 aromatic heterocycles. The number of nitrogens with zero attached hydrogens (tertiary/aromatic N) is 2. The number of fused-ring (bicyclic) bond motifs is 1. The van der Waals surface area contributed by atoms with Gasteiger partial charge in [0.1, 0.15) is 0 Å². The van der Waals surface area contributed by atoms with Crippen LogP contribution in [0.1, 0.15) is 40.5 Å². The van der Waals surface area contributed by atoms with Crippen LogP contribution >= 0.6 is 0 Å². The lowest BCUT2D eigenvalue weighted by atomic mass is 10.1. The van der Waals surface area contributed by atoms with Crippen LogP contribution in [0.4, 0.5) is 0 Å². The summed E-state index contributed by atoms with van der Waals surface area (Å²) in [6, 6.07) is 6.53. The molecule has 22 heavy (non-hydrogen) atoms. The molecule has 0 radical (unpaired) electrons. The van der Waals surface area contributed by atoms with Gasteiger partial charge < -0.3 is 0 Å². The Morgan fingerprint density at radius 2 is 1.64 bits per heavy atom. The third kappa shape index (κ3) is 3.20. The number of imide groups is 1. The molecule has 2 amide bonds. The molecule has 0 fully saturated rings. The Balaban J connectivity index is 2.04. The first-order chi connectivity index (χ1) is 10.4. The van der Waals surface area contributed by atoms with Crippen LogP contribution in [0.25, 0.3) is 0 Å². The molecule has 0 atom stereocenters. The fraction of sp³-hybridized carbons (Fsp3) is 0.467. The first-order valence-corrected chi connectivity index (χ1v) is 8.88. The lowest BCUT2D eigenvalue weighted by Gasteiger charge is -2.19. The van der Waals surface area contributed by atoms with E-state index in [-0.39, 0.29) is 12.3 Å². The minimum absolute atomic E-state index is 0.120. The highest BCUT2D eigenvalue weighted by atomic mass is 32.2. The Labute approximate surface area is 130 Å². The van der Waals surface area contributed by atoms with E-state index in [1.54, 1.807) is 24.3 Å². The summed E-state index contributed by atoms with van der Waals surface area (Å²) >= 11 is 0. The van der Waals surface area contributed by atoms with Crippen LogP contribution < -0.4 is 0 Å². The molecule has 6 nitrogen and oxygen atoms in total. The number of sulfonamides is 1. The maximum atomic E-state index is 12.2. The van der Waals surface area contributed by atoms with Crippen molar-refractivity contribution in [1.82, 2.24) is 9.21 Å². The fourth-order valence-corrected chi connectivity index (χ4v) is 3.46. The van der Waals surface area contributed by atoms with E-state index >= 15 is 0 Å². The maximum Gasteiger partial charge on any atom is 0.261 e. The van der Waals surface area contributed by atoms with E-state index < -0.39 is 21.8 Å². The Hall–Kier alpha value is -1.73. The molecule has 0 aliphatic carbocycles. The van der Waals surface area contributed by atoms with Gasteiger partial charge in [-0.25, -0.2) is 12.7 Å². The Morgan fingerprint density at radius 1 is 1.09 bits per heavy atom. The topological polar surface area (TPSA) is 74.8 Å². The molecule has 2 rings (SSSR count). The van der Waals surface area contributed by atoms with Crippen molar-refractivity contribution in [2.24, 2.45) is 0 Å². The van der Waals surface area contributed by atoms with Gasteiger partial charge in [-0.1, -0.05) is 25.5 Å². The van der Waals surface area contributed by atoms with Crippen LogP contribution in [-0.4, -0.2) is 55.3 Å². The van der Waals surface area contributed by atoms with Gasteiger partial charge in [-0.2, -0.15) is 0 Å². The summed E-state index contributed by atoms with van der Waals surface area (Å²) in [7, 11) is -1.95. The lowest BCUT2D eigenvalue weighted by molar-refractivity contribution is 0.0664. The molecule has 0 saturated heterocycles. The molecule has 1 aromatic carbocycles. The van der Waals surface area contributed by atoms with E-state index in [2.05, 4.69) is 0 Å². The second-order valence-corrected chi connectivity index (χ2v) is 7.49. The number of benzene rings is 1. The van der Waals surface area contributed by atoms with Crippen molar-refractivity contribution in [3.05, 3.63) is 35.4 Å². The number of carbonyl (C=O) groups is 2. The highest BCUT2D eigenvalue weighted by Crippen LogP contribution is 2.22. The molecule has 120 valence electrons. The monoisotopic (exact) mass is 324 g/mol. The molecule has 0 N–H and O–H groups in total. The number of carbonyl (C=O) groups excluding carboxylic acids is 2. The zero-order valence-corrected chi connectivity index (χ0v) is 13.6. The molecular formula is C15H20N2O4S. The van der Waals surface area contributed by atoms with E-state index in [0.29, 0.717) is 17.7 Å². The Bertz CT molecular complexity index is 650. The van der Waals surface area contributed by atoms with Gasteiger partial charge in [-0.05, 0) is 18.6 Å². The summed E-state index contributed by atoms with van der Waals surface area (Å²) in [5, 5.41) is 0. The summed E-state index contributed by atoms with van der Waals surface area (Å²) < 4.78 is 25.6. The van der Waals surface area contributed by atoms with Gasteiger partial charge in [0.25, 0.3) is 11.8 Å². The molecule has 0 spiro atoms. The Kier molecular flexibility index (Phi) is 4.97. The minimum atomic E-state index is -3.47. The number of unbranched alkanes of at least 4 members (excludes halogenated alkanes) is 1. The van der Waals surface area contributed by atoms with Gasteiger partial charge >= 0.3 is 0 Å². The summed E-state index contributed by atoms with van der Waals surface area (Å²) in [6.07, 6.45) is 1.68. The van der Waals surface area contributed by atoms with Gasteiger partial charge in [-0.3, -0.25) is 14.5 Å². The van der Waals surface area contributed by atoms with Gasteiger partial charge in [0.2, 0.25) is 10.0 Å². The van der Waals surface area contributed by atoms with Crippen molar-refractivity contribution in [3.8, 4) is 0 Å². The smallest absolute Gasteiger partial charge is 0.261 e. The van der Waals surface area contributed by atoms with Gasteiger partial charge in [0.05, 0.1) is 16.9 Å². The van der Waals surface area contributed by atoms with E-state index in [9.17, 15) is 18.0 Å². The zero-order valence-electron chi connectivity index (χ0n) is 12.8. The van der Waals surface area contributed by atoms with E-state index in [0.717, 1.165) is 17.7 Å². The van der Waals surface area contributed by atoms with Crippen molar-refractivity contribution in [2.45, 2.75) is 19.8 Å². The minimum Gasteiger partial charge on any atom is -0.273 e. The molecule has 1 aliphatic rings. The summed E-state index contributed by atoms with van der Waals surface area (Å²) in [4.78, 5) is 25.3. The van der Waals surface area contributed by atoms with E-state index in [1.807, 2.05) is 6.92 Å². The van der Waals surface area contributed by atoms with Crippen molar-refractivity contribution in [1.29, 1.82) is 0 Å². The van der Waals surface area contributed by atoms with Crippen LogP contribution in [0.5, 0.6) is 0 Å². The van der Waals surface area contributed by atoms with Gasteiger partial charge in [-0.15, -0.1) is 0 Å². The normalized spacial score (nSPS) is 14.8. The second kappa shape index (κ2) is 6.58. The van der Waals surface area contributed by atoms with Crippen LogP contribution in [0.2, 0.25) is 0 Å². The van der Waals surface area contributed by atoms with Crippen molar-refractivity contribution in [3.63, 3.8) is 0 Å². The average Bonchev–Trinajstić information content (AvgIpc) is 2.75. The first kappa shape index (κ1) is 16.6. The molecule has 7 heteroatoms. The summed E-state index contributed by atoms with van der Waals surface area (Å²) in [6.45, 7) is 2.31. The quantitative estimate of drug-likeness (QED) is 0.710. The fourth-order valence-electron chi connectivity index (χ4n) is 2.32. The van der Waals surface area contributed by atoms with Crippen molar-refractivity contribution >= 4 is 21.8 Å². The van der Waals surface area contributed by atoms with Gasteiger partial charge in [0.15, 0.2) is 0 Å². The lowest BCUT2D eigenvalue weighted by Crippen LogP contribution is -2.38. The number of hydrogen-bond donors (Lipinski definition) is 0. The molecule has 1 heterocycles. The molecule has 0 bridgehead atoms. The van der Waals surface area contributed by atoms with Crippen LogP contribution in [0.15, 0.2) is 24.3 Å². The van der Waals surface area contributed by atoms with Gasteiger partial charge in [0, 0.05) is 20.1 Å². The standard InChI is InChI=1S/C15H20N2O4S/c1-3-4-9-16(2)22(20,21)11-10-17-14(18)12-7-5-6-8-13(12)15(17)19/h5-8H,3-4,9-11H2,1-2H3. The van der Waals surface area contributed by atoms with E-state index in [1.165, 1.54) is 11.4 Å². The predicted molar refractivity (Wildman–Crippen MR) is 83.1 cm³/mol. The number of hydrogen-bond acceptors (Lipinski definition) is 4. The highest BCUT2D eigenvalue weighted by molar-refractivity contribution is 7.89. The second-order valence-electron chi connectivity index (χ2n) is 5.30. The SMILES string of the molecule is CCCCN(C)S(=O)(=O)CCN1C(=O)c2ccccc2C1=O. The van der Waals surface area contributed by atoms with Crippen molar-refractivity contribution < 1.29 is 18.0 Å². The third-order valence-corrected chi connectivity index (χ3v) is 5.58. The van der Waals surface area contributed by atoms with Crippen LogP contribution in [0.3, 0.4) is 0 Å². The summed E-state index contributed by atoms with van der Waals surface area (Å²) in [5.41, 5.74) is 0.675. The third-order valence-electron chi connectivity index (χ3n) is 3.75. The maximum absolute atomic E-state index is 12.2. The molecular weight excluding hydrogens is 304 g/mol. The first-order valence-electron chi connectivity index (χ1n) is 7.27. The van der Waals surface area contributed by atoms with Crippen LogP contribution in [-0.2, 0) is 10.0 Å². The average molecular weight is 324 g/mol.